The van der Waals surface area contributed by atoms with Gasteiger partial charge in [-0.15, -0.1) is 0 Å². The molecule has 8 nitrogen and oxygen atoms in total. The van der Waals surface area contributed by atoms with Gasteiger partial charge in [0.05, 0.1) is 25.4 Å². The van der Waals surface area contributed by atoms with Gasteiger partial charge in [-0.25, -0.2) is 4.57 Å². The first-order valence-corrected chi connectivity index (χ1v) is 22.3. The summed E-state index contributed by atoms with van der Waals surface area (Å²) >= 11 is 0. The summed E-state index contributed by atoms with van der Waals surface area (Å²) < 4.78 is 22.1. The minimum absolute atomic E-state index is 0.0702. The molecule has 51 heavy (non-hydrogen) atoms. The Morgan fingerprint density at radius 1 is 0.647 bits per heavy atom. The first-order chi connectivity index (χ1) is 24.9. The Labute approximate surface area is 313 Å². The Hall–Kier alpha value is -1.54. The molecule has 0 aromatic rings. The van der Waals surface area contributed by atoms with Crippen molar-refractivity contribution in [2.75, 3.05) is 19.8 Å². The summed E-state index contributed by atoms with van der Waals surface area (Å²) in [4.78, 5) is 22.6. The van der Waals surface area contributed by atoms with Crippen LogP contribution in [-0.2, 0) is 18.4 Å². The molecule has 9 heteroatoms. The van der Waals surface area contributed by atoms with E-state index in [-0.39, 0.29) is 25.7 Å². The summed E-state index contributed by atoms with van der Waals surface area (Å²) in [5, 5.41) is 13.6. The van der Waals surface area contributed by atoms with E-state index in [0.717, 1.165) is 64.2 Å². The van der Waals surface area contributed by atoms with Crippen LogP contribution in [0.4, 0.5) is 0 Å². The number of aliphatic hydroxyl groups is 1. The molecule has 3 unspecified atom stereocenters. The highest BCUT2D eigenvalue weighted by Gasteiger charge is 2.26. The topological polar surface area (TPSA) is 131 Å². The molecular formula is C42H79N2O6P. The summed E-state index contributed by atoms with van der Waals surface area (Å²) in [5.74, 6) is -0.219. The van der Waals surface area contributed by atoms with E-state index in [1.165, 1.54) is 96.3 Å². The highest BCUT2D eigenvalue weighted by molar-refractivity contribution is 7.47. The number of carbonyl (C=O) groups is 1. The van der Waals surface area contributed by atoms with Crippen LogP contribution in [0.3, 0.4) is 0 Å². The van der Waals surface area contributed by atoms with Crippen LogP contribution in [0.15, 0.2) is 48.6 Å². The number of phosphoric ester groups is 1. The van der Waals surface area contributed by atoms with Crippen LogP contribution >= 0.6 is 7.82 Å². The van der Waals surface area contributed by atoms with E-state index in [0.29, 0.717) is 6.42 Å². The number of carbonyl (C=O) groups excluding carboxylic acids is 1. The maximum atomic E-state index is 12.7. The first-order valence-electron chi connectivity index (χ1n) is 20.8. The third-order valence-electron chi connectivity index (χ3n) is 8.88. The van der Waals surface area contributed by atoms with Crippen LogP contribution in [0.1, 0.15) is 181 Å². The Kier molecular flexibility index (Phi) is 37.0. The van der Waals surface area contributed by atoms with Crippen LogP contribution < -0.4 is 11.1 Å². The van der Waals surface area contributed by atoms with E-state index in [1.54, 1.807) is 6.08 Å². The average molecular weight is 739 g/mol. The number of phosphoric acid groups is 1. The fourth-order valence-electron chi connectivity index (χ4n) is 5.71. The van der Waals surface area contributed by atoms with Crippen molar-refractivity contribution in [1.82, 2.24) is 5.32 Å². The Balaban J connectivity index is 4.35. The standard InChI is InChI=1S/C42H79N2O6P/c1-3-5-7-9-11-13-15-17-19-21-23-25-27-29-31-33-35-41(45)40(39-50-51(47,48)49-38-37-43)44-42(46)36-34-32-30-28-26-24-22-20-18-16-14-12-10-8-6-4-2/h14,16,20,22,25,27,33,35,40-41,45H,3-13,15,17-19,21,23-24,26,28-32,34,36-39,43H2,1-2H3,(H,44,46)(H,47,48)/b16-14-,22-20-,27-25+,35-33+. The fourth-order valence-corrected chi connectivity index (χ4v) is 6.47. The lowest BCUT2D eigenvalue weighted by molar-refractivity contribution is -0.123. The van der Waals surface area contributed by atoms with Crippen molar-refractivity contribution < 1.29 is 28.4 Å². The zero-order valence-corrected chi connectivity index (χ0v) is 33.7. The highest BCUT2D eigenvalue weighted by Crippen LogP contribution is 2.43. The largest absolute Gasteiger partial charge is 0.472 e. The summed E-state index contributed by atoms with van der Waals surface area (Å²) in [6.45, 7) is 4.07. The van der Waals surface area contributed by atoms with Gasteiger partial charge in [0, 0.05) is 13.0 Å². The van der Waals surface area contributed by atoms with E-state index in [4.69, 9.17) is 14.8 Å². The lowest BCUT2D eigenvalue weighted by Crippen LogP contribution is -2.45. The van der Waals surface area contributed by atoms with Crippen LogP contribution in [0.25, 0.3) is 0 Å². The molecule has 0 radical (unpaired) electrons. The molecule has 298 valence electrons. The molecule has 0 heterocycles. The number of aliphatic hydroxyl groups excluding tert-OH is 1. The second-order valence-electron chi connectivity index (χ2n) is 13.8. The van der Waals surface area contributed by atoms with Gasteiger partial charge in [-0.2, -0.15) is 0 Å². The number of unbranched alkanes of at least 4 members (excludes halogenated alkanes) is 20. The number of hydrogen-bond acceptors (Lipinski definition) is 6. The molecule has 0 aromatic carbocycles. The van der Waals surface area contributed by atoms with Gasteiger partial charge < -0.3 is 21.1 Å². The molecule has 0 aromatic heterocycles. The SMILES string of the molecule is CCCCCC/C=C\C/C=C\CCCCCCCC(=O)NC(COP(=O)(O)OCCN)C(O)/C=C/CC/C=C/CCCCCCCCCCCC. The lowest BCUT2D eigenvalue weighted by Gasteiger charge is -2.23. The number of nitrogens with one attached hydrogen (secondary N) is 1. The molecular weight excluding hydrogens is 659 g/mol. The molecule has 0 aliphatic heterocycles. The van der Waals surface area contributed by atoms with Crippen LogP contribution in [0.2, 0.25) is 0 Å². The quantitative estimate of drug-likeness (QED) is 0.0282. The minimum atomic E-state index is -4.35. The molecule has 0 aliphatic carbocycles. The predicted molar refractivity (Wildman–Crippen MR) is 217 cm³/mol. The van der Waals surface area contributed by atoms with Gasteiger partial charge in [0.15, 0.2) is 0 Å². The van der Waals surface area contributed by atoms with Gasteiger partial charge in [0.25, 0.3) is 0 Å². The summed E-state index contributed by atoms with van der Waals surface area (Å²) in [5.41, 5.74) is 5.36. The highest BCUT2D eigenvalue weighted by atomic mass is 31.2. The average Bonchev–Trinajstić information content (AvgIpc) is 3.12. The normalized spacial score (nSPS) is 14.7. The smallest absolute Gasteiger partial charge is 0.387 e. The molecule has 0 saturated carbocycles. The maximum Gasteiger partial charge on any atom is 0.472 e. The van der Waals surface area contributed by atoms with E-state index < -0.39 is 20.0 Å². The molecule has 0 spiro atoms. The van der Waals surface area contributed by atoms with Crippen molar-refractivity contribution in [1.29, 1.82) is 0 Å². The van der Waals surface area contributed by atoms with Gasteiger partial charge in [-0.05, 0) is 64.2 Å². The summed E-state index contributed by atoms with van der Waals surface area (Å²) in [6.07, 6.45) is 45.8. The third kappa shape index (κ3) is 36.6. The fraction of sp³-hybridized carbons (Fsp3) is 0.786. The van der Waals surface area contributed by atoms with Gasteiger partial charge in [0.2, 0.25) is 5.91 Å². The molecule has 1 amide bonds. The summed E-state index contributed by atoms with van der Waals surface area (Å²) in [6, 6.07) is -0.884. The molecule has 0 saturated heterocycles. The van der Waals surface area contributed by atoms with Crippen molar-refractivity contribution in [3.63, 3.8) is 0 Å². The molecule has 3 atom stereocenters. The van der Waals surface area contributed by atoms with Gasteiger partial charge in [-0.3, -0.25) is 13.8 Å². The van der Waals surface area contributed by atoms with Crippen LogP contribution in [-0.4, -0.2) is 47.8 Å². The number of amides is 1. The summed E-state index contributed by atoms with van der Waals surface area (Å²) in [7, 11) is -4.35. The monoisotopic (exact) mass is 739 g/mol. The predicted octanol–water partition coefficient (Wildman–Crippen LogP) is 11.3. The Bertz CT molecular complexity index is 938. The van der Waals surface area contributed by atoms with Gasteiger partial charge >= 0.3 is 7.82 Å². The molecule has 0 fully saturated rings. The Morgan fingerprint density at radius 2 is 1.10 bits per heavy atom. The molecule has 5 N–H and O–H groups in total. The van der Waals surface area contributed by atoms with Crippen molar-refractivity contribution in [3.05, 3.63) is 48.6 Å². The first kappa shape index (κ1) is 49.5. The molecule has 0 aliphatic rings. The van der Waals surface area contributed by atoms with Crippen molar-refractivity contribution in [2.45, 2.75) is 193 Å². The van der Waals surface area contributed by atoms with E-state index in [1.807, 2.05) is 6.08 Å². The minimum Gasteiger partial charge on any atom is -0.387 e. The van der Waals surface area contributed by atoms with Crippen molar-refractivity contribution in [2.24, 2.45) is 5.73 Å². The number of nitrogens with two attached hydrogens (primary N) is 1. The third-order valence-corrected chi connectivity index (χ3v) is 9.86. The number of allylic oxidation sites excluding steroid dienone is 7. The zero-order chi connectivity index (χ0) is 37.5. The molecule has 0 rings (SSSR count). The van der Waals surface area contributed by atoms with Crippen molar-refractivity contribution >= 4 is 13.7 Å². The van der Waals surface area contributed by atoms with Crippen LogP contribution in [0, 0.1) is 0 Å². The lowest BCUT2D eigenvalue weighted by atomic mass is 10.1. The second kappa shape index (κ2) is 38.2. The maximum absolute atomic E-state index is 12.7. The van der Waals surface area contributed by atoms with Gasteiger partial charge in [-0.1, -0.05) is 159 Å². The van der Waals surface area contributed by atoms with E-state index in [9.17, 15) is 19.4 Å². The van der Waals surface area contributed by atoms with Crippen molar-refractivity contribution in [3.8, 4) is 0 Å². The van der Waals surface area contributed by atoms with E-state index in [2.05, 4.69) is 55.6 Å². The number of hydrogen-bond donors (Lipinski definition) is 4. The second-order valence-corrected chi connectivity index (χ2v) is 15.3. The van der Waals surface area contributed by atoms with Gasteiger partial charge in [0.1, 0.15) is 0 Å². The molecule has 0 bridgehead atoms. The van der Waals surface area contributed by atoms with E-state index >= 15 is 0 Å². The zero-order valence-electron chi connectivity index (χ0n) is 32.8. The Morgan fingerprint density at radius 3 is 1.65 bits per heavy atom. The van der Waals surface area contributed by atoms with Crippen LogP contribution in [0.5, 0.6) is 0 Å². The number of rotatable bonds is 38.